The number of aromatic nitrogens is 1. The number of carbonyl (C=O) groups is 1. The van der Waals surface area contributed by atoms with E-state index in [1.54, 1.807) is 0 Å². The Morgan fingerprint density at radius 2 is 2.24 bits per heavy atom. The highest BCUT2D eigenvalue weighted by Crippen LogP contribution is 2.35. The minimum absolute atomic E-state index is 0.0145. The van der Waals surface area contributed by atoms with Crippen molar-refractivity contribution < 1.29 is 23.1 Å². The minimum Gasteiger partial charge on any atom is -0.476 e. The van der Waals surface area contributed by atoms with Gasteiger partial charge in [-0.3, -0.25) is 0 Å². The second kappa shape index (κ2) is 5.64. The standard InChI is InChI=1S/C12H16N2O5S2/c15-11(16)10-12(20-7-13-10)21(17,18)14(9-1-2-9)5-8-3-4-19-6-8/h7-9H,1-6H2,(H,15,16). The molecule has 1 N–H and O–H groups in total. The third-order valence-corrected chi connectivity index (χ3v) is 6.96. The van der Waals surface area contributed by atoms with E-state index in [2.05, 4.69) is 4.98 Å². The number of hydrogen-bond acceptors (Lipinski definition) is 6. The van der Waals surface area contributed by atoms with Gasteiger partial charge in [0.15, 0.2) is 9.90 Å². The first kappa shape index (κ1) is 14.9. The number of carboxylic acid groups (broad SMARTS) is 1. The predicted molar refractivity (Wildman–Crippen MR) is 74.9 cm³/mol. The molecule has 3 rings (SSSR count). The quantitative estimate of drug-likeness (QED) is 0.836. The molecule has 1 aromatic heterocycles. The van der Waals surface area contributed by atoms with E-state index in [0.29, 0.717) is 19.8 Å². The van der Waals surface area contributed by atoms with Crippen LogP contribution in [0.1, 0.15) is 29.8 Å². The van der Waals surface area contributed by atoms with Crippen molar-refractivity contribution in [1.82, 2.24) is 9.29 Å². The molecule has 21 heavy (non-hydrogen) atoms. The van der Waals surface area contributed by atoms with Crippen molar-refractivity contribution in [1.29, 1.82) is 0 Å². The second-order valence-corrected chi connectivity index (χ2v) is 8.27. The fraction of sp³-hybridized carbons (Fsp3) is 0.667. The Morgan fingerprint density at radius 3 is 2.81 bits per heavy atom. The SMILES string of the molecule is O=C(O)c1ncsc1S(=O)(=O)N(CC1CCOC1)C1CC1. The summed E-state index contributed by atoms with van der Waals surface area (Å²) in [5.74, 6) is -1.13. The van der Waals surface area contributed by atoms with Gasteiger partial charge < -0.3 is 9.84 Å². The van der Waals surface area contributed by atoms with Crippen LogP contribution in [0.15, 0.2) is 9.72 Å². The van der Waals surface area contributed by atoms with Gasteiger partial charge in [0.25, 0.3) is 10.0 Å². The van der Waals surface area contributed by atoms with Crippen molar-refractivity contribution in [2.45, 2.75) is 29.5 Å². The fourth-order valence-electron chi connectivity index (χ4n) is 2.46. The highest BCUT2D eigenvalue weighted by atomic mass is 32.2. The predicted octanol–water partition coefficient (Wildman–Crippen LogP) is 1.03. The first-order valence-electron chi connectivity index (χ1n) is 6.76. The van der Waals surface area contributed by atoms with Gasteiger partial charge >= 0.3 is 5.97 Å². The molecule has 1 unspecified atom stereocenters. The van der Waals surface area contributed by atoms with Crippen LogP contribution in [0.5, 0.6) is 0 Å². The number of ether oxygens (including phenoxy) is 1. The van der Waals surface area contributed by atoms with Crippen molar-refractivity contribution in [2.75, 3.05) is 19.8 Å². The van der Waals surface area contributed by atoms with Crippen molar-refractivity contribution in [3.63, 3.8) is 0 Å². The molecule has 1 aliphatic carbocycles. The molecule has 0 radical (unpaired) electrons. The average molecular weight is 332 g/mol. The molecule has 2 aliphatic rings. The van der Waals surface area contributed by atoms with Gasteiger partial charge in [0, 0.05) is 19.2 Å². The van der Waals surface area contributed by atoms with Crippen LogP contribution in [0.3, 0.4) is 0 Å². The summed E-state index contributed by atoms with van der Waals surface area (Å²) < 4.78 is 32.1. The van der Waals surface area contributed by atoms with Gasteiger partial charge in [-0.15, -0.1) is 11.3 Å². The zero-order valence-corrected chi connectivity index (χ0v) is 12.9. The summed E-state index contributed by atoms with van der Waals surface area (Å²) in [6, 6.07) is -0.0145. The largest absolute Gasteiger partial charge is 0.476 e. The van der Waals surface area contributed by atoms with Crippen LogP contribution in [0, 0.1) is 5.92 Å². The number of nitrogens with zero attached hydrogens (tertiary/aromatic N) is 2. The molecule has 2 heterocycles. The second-order valence-electron chi connectivity index (χ2n) is 5.33. The summed E-state index contributed by atoms with van der Waals surface area (Å²) in [6.45, 7) is 1.61. The number of thiazole rings is 1. The molecule has 9 heteroatoms. The van der Waals surface area contributed by atoms with Crippen LogP contribution in [0.4, 0.5) is 0 Å². The van der Waals surface area contributed by atoms with Crippen LogP contribution >= 0.6 is 11.3 Å². The molecule has 1 saturated heterocycles. The van der Waals surface area contributed by atoms with Gasteiger partial charge in [-0.25, -0.2) is 18.2 Å². The summed E-state index contributed by atoms with van der Waals surface area (Å²) in [6.07, 6.45) is 2.50. The molecular formula is C12H16N2O5S2. The Labute approximate surface area is 126 Å². The van der Waals surface area contributed by atoms with E-state index in [9.17, 15) is 13.2 Å². The fourth-order valence-corrected chi connectivity index (χ4v) is 5.47. The minimum atomic E-state index is -3.80. The summed E-state index contributed by atoms with van der Waals surface area (Å²) in [4.78, 5) is 14.8. The van der Waals surface area contributed by atoms with Crippen LogP contribution in [-0.2, 0) is 14.8 Å². The number of carboxylic acids is 1. The molecule has 1 aliphatic heterocycles. The zero-order chi connectivity index (χ0) is 15.0. The topological polar surface area (TPSA) is 96.8 Å². The van der Waals surface area contributed by atoms with E-state index >= 15 is 0 Å². The van der Waals surface area contributed by atoms with Crippen molar-refractivity contribution in [2.24, 2.45) is 5.92 Å². The van der Waals surface area contributed by atoms with E-state index in [4.69, 9.17) is 9.84 Å². The highest BCUT2D eigenvalue weighted by Gasteiger charge is 2.42. The highest BCUT2D eigenvalue weighted by molar-refractivity contribution is 7.91. The molecule has 116 valence electrons. The van der Waals surface area contributed by atoms with Crippen LogP contribution in [0.25, 0.3) is 0 Å². The van der Waals surface area contributed by atoms with Gasteiger partial charge in [0.1, 0.15) is 0 Å². The Bertz CT molecular complexity index is 632. The third kappa shape index (κ3) is 2.96. The van der Waals surface area contributed by atoms with Gasteiger partial charge in [0.2, 0.25) is 0 Å². The normalized spacial score (nSPS) is 22.8. The maximum absolute atomic E-state index is 12.8. The number of rotatable bonds is 6. The number of hydrogen-bond donors (Lipinski definition) is 1. The summed E-state index contributed by atoms with van der Waals surface area (Å²) in [5, 5.41) is 9.08. The lowest BCUT2D eigenvalue weighted by atomic mass is 10.1. The lowest BCUT2D eigenvalue weighted by molar-refractivity contribution is 0.0687. The first-order chi connectivity index (χ1) is 10.00. The molecule has 0 bridgehead atoms. The van der Waals surface area contributed by atoms with Crippen LogP contribution < -0.4 is 0 Å². The van der Waals surface area contributed by atoms with Crippen molar-refractivity contribution >= 4 is 27.3 Å². The van der Waals surface area contributed by atoms with E-state index in [1.807, 2.05) is 0 Å². The summed E-state index contributed by atoms with van der Waals surface area (Å²) in [5.41, 5.74) is 0.883. The maximum atomic E-state index is 12.8. The van der Waals surface area contributed by atoms with Crippen molar-refractivity contribution in [3.8, 4) is 0 Å². The van der Waals surface area contributed by atoms with E-state index in [1.165, 1.54) is 9.82 Å². The Morgan fingerprint density at radius 1 is 1.48 bits per heavy atom. The molecule has 0 amide bonds. The number of aromatic carboxylic acids is 1. The third-order valence-electron chi connectivity index (χ3n) is 3.70. The molecule has 0 aromatic carbocycles. The van der Waals surface area contributed by atoms with E-state index in [-0.39, 0.29) is 21.9 Å². The Hall–Kier alpha value is -1.03. The Balaban J connectivity index is 1.89. The van der Waals surface area contributed by atoms with Gasteiger partial charge in [-0.2, -0.15) is 4.31 Å². The summed E-state index contributed by atoms with van der Waals surface area (Å²) in [7, 11) is -3.80. The van der Waals surface area contributed by atoms with E-state index < -0.39 is 16.0 Å². The smallest absolute Gasteiger partial charge is 0.356 e. The maximum Gasteiger partial charge on any atom is 0.356 e. The van der Waals surface area contributed by atoms with Gasteiger partial charge in [-0.1, -0.05) is 0 Å². The van der Waals surface area contributed by atoms with Crippen LogP contribution in [-0.4, -0.2) is 54.6 Å². The summed E-state index contributed by atoms with van der Waals surface area (Å²) >= 11 is 0.863. The number of sulfonamides is 1. The van der Waals surface area contributed by atoms with Crippen LogP contribution in [0.2, 0.25) is 0 Å². The average Bonchev–Trinajstić information content (AvgIpc) is 2.95. The molecule has 1 aromatic rings. The lowest BCUT2D eigenvalue weighted by Gasteiger charge is -2.23. The molecule has 7 nitrogen and oxygen atoms in total. The Kier molecular flexibility index (Phi) is 4.00. The van der Waals surface area contributed by atoms with E-state index in [0.717, 1.165) is 30.6 Å². The lowest BCUT2D eigenvalue weighted by Crippen LogP contribution is -2.37. The first-order valence-corrected chi connectivity index (χ1v) is 9.08. The molecule has 0 spiro atoms. The molecule has 1 atom stereocenters. The molecule has 2 fully saturated rings. The monoisotopic (exact) mass is 332 g/mol. The van der Waals surface area contributed by atoms with Crippen molar-refractivity contribution in [3.05, 3.63) is 11.2 Å². The van der Waals surface area contributed by atoms with Gasteiger partial charge in [-0.05, 0) is 25.2 Å². The molecule has 1 saturated carbocycles. The molecular weight excluding hydrogens is 316 g/mol. The van der Waals surface area contributed by atoms with Gasteiger partial charge in [0.05, 0.1) is 12.1 Å². The zero-order valence-electron chi connectivity index (χ0n) is 11.3.